The molecule has 0 radical (unpaired) electrons. The fourth-order valence-corrected chi connectivity index (χ4v) is 3.11. The Bertz CT molecular complexity index is 404. The van der Waals surface area contributed by atoms with Crippen molar-refractivity contribution < 1.29 is 14.3 Å². The molecule has 22 heavy (non-hydrogen) atoms. The summed E-state index contributed by atoms with van der Waals surface area (Å²) in [6.07, 6.45) is 1.12. The molecule has 2 aliphatic rings. The predicted octanol–water partition coefficient (Wildman–Crippen LogP) is -0.219. The van der Waals surface area contributed by atoms with E-state index in [0.29, 0.717) is 19.0 Å². The van der Waals surface area contributed by atoms with Gasteiger partial charge in [-0.2, -0.15) is 0 Å². The third-order valence-electron chi connectivity index (χ3n) is 4.57. The van der Waals surface area contributed by atoms with E-state index in [0.717, 1.165) is 39.2 Å². The molecular weight excluding hydrogens is 284 g/mol. The third kappa shape index (κ3) is 4.33. The summed E-state index contributed by atoms with van der Waals surface area (Å²) in [5.74, 6) is 0.543. The van der Waals surface area contributed by atoms with Crippen LogP contribution in [0, 0.1) is 5.92 Å². The zero-order valence-corrected chi connectivity index (χ0v) is 14.0. The zero-order valence-electron chi connectivity index (χ0n) is 14.0. The maximum Gasteiger partial charge on any atom is 0.320 e. The normalized spacial score (nSPS) is 22.7. The van der Waals surface area contributed by atoms with Crippen LogP contribution in [0.2, 0.25) is 0 Å². The van der Waals surface area contributed by atoms with Crippen molar-refractivity contribution in [1.82, 2.24) is 19.6 Å². The third-order valence-corrected chi connectivity index (χ3v) is 4.57. The van der Waals surface area contributed by atoms with Gasteiger partial charge in [0, 0.05) is 53.9 Å². The van der Waals surface area contributed by atoms with Crippen LogP contribution in [0.15, 0.2) is 0 Å². The van der Waals surface area contributed by atoms with Gasteiger partial charge in [0.15, 0.2) is 0 Å². The molecule has 0 N–H and O–H groups in total. The van der Waals surface area contributed by atoms with Gasteiger partial charge in [0.1, 0.15) is 6.54 Å². The molecule has 0 aromatic carbocycles. The summed E-state index contributed by atoms with van der Waals surface area (Å²) in [7, 11) is 5.32. The Morgan fingerprint density at radius 3 is 2.77 bits per heavy atom. The number of methoxy groups -OCH3 is 1. The molecule has 2 aliphatic heterocycles. The van der Waals surface area contributed by atoms with Crippen LogP contribution in [0.5, 0.6) is 0 Å². The van der Waals surface area contributed by atoms with Gasteiger partial charge < -0.3 is 24.3 Å². The monoisotopic (exact) mass is 312 g/mol. The van der Waals surface area contributed by atoms with E-state index in [1.165, 1.54) is 0 Å². The quantitative estimate of drug-likeness (QED) is 0.652. The molecule has 126 valence electrons. The SMILES string of the molecule is COCCN1CCC(CN(C)C(=O)CN2CCN(C)C2=O)C1. The molecule has 0 aromatic heterocycles. The maximum atomic E-state index is 12.3. The number of carbonyl (C=O) groups is 2. The van der Waals surface area contributed by atoms with E-state index in [2.05, 4.69) is 4.90 Å². The first kappa shape index (κ1) is 17.0. The number of ether oxygens (including phenoxy) is 1. The van der Waals surface area contributed by atoms with Crippen molar-refractivity contribution in [2.24, 2.45) is 5.92 Å². The molecule has 0 spiro atoms. The second-order valence-electron chi connectivity index (χ2n) is 6.35. The van der Waals surface area contributed by atoms with Crippen molar-refractivity contribution in [2.45, 2.75) is 6.42 Å². The van der Waals surface area contributed by atoms with Crippen molar-refractivity contribution in [3.8, 4) is 0 Å². The Hall–Kier alpha value is -1.34. The fraction of sp³-hybridized carbons (Fsp3) is 0.867. The fourth-order valence-electron chi connectivity index (χ4n) is 3.11. The summed E-state index contributed by atoms with van der Waals surface area (Å²) in [6, 6.07) is -0.0478. The summed E-state index contributed by atoms with van der Waals surface area (Å²) in [5, 5.41) is 0. The van der Waals surface area contributed by atoms with Crippen LogP contribution in [0.1, 0.15) is 6.42 Å². The second kappa shape index (κ2) is 7.78. The first-order valence-electron chi connectivity index (χ1n) is 7.96. The molecule has 7 heteroatoms. The number of urea groups is 1. The van der Waals surface area contributed by atoms with Gasteiger partial charge in [-0.25, -0.2) is 4.79 Å². The molecule has 0 bridgehead atoms. The van der Waals surface area contributed by atoms with E-state index in [1.54, 1.807) is 28.9 Å². The Kier molecular flexibility index (Phi) is 6.02. The lowest BCUT2D eigenvalue weighted by Gasteiger charge is -2.24. The first-order chi connectivity index (χ1) is 10.5. The summed E-state index contributed by atoms with van der Waals surface area (Å²) >= 11 is 0. The predicted molar refractivity (Wildman–Crippen MR) is 83.7 cm³/mol. The molecular formula is C15H28N4O3. The summed E-state index contributed by atoms with van der Waals surface area (Å²) in [5.41, 5.74) is 0. The van der Waals surface area contributed by atoms with Crippen LogP contribution in [0.25, 0.3) is 0 Å². The summed E-state index contributed by atoms with van der Waals surface area (Å²) < 4.78 is 5.10. The second-order valence-corrected chi connectivity index (χ2v) is 6.35. The van der Waals surface area contributed by atoms with Gasteiger partial charge >= 0.3 is 6.03 Å². The molecule has 2 saturated heterocycles. The number of hydrogen-bond acceptors (Lipinski definition) is 4. The average Bonchev–Trinajstić information content (AvgIpc) is 3.06. The number of likely N-dealkylation sites (N-methyl/N-ethyl adjacent to an activating group) is 2. The van der Waals surface area contributed by atoms with E-state index in [4.69, 9.17) is 4.74 Å². The minimum absolute atomic E-state index is 0.0268. The smallest absolute Gasteiger partial charge is 0.320 e. The minimum Gasteiger partial charge on any atom is -0.383 e. The molecule has 1 atom stereocenters. The number of carbonyl (C=O) groups excluding carboxylic acids is 2. The first-order valence-corrected chi connectivity index (χ1v) is 7.96. The van der Waals surface area contributed by atoms with E-state index < -0.39 is 0 Å². The van der Waals surface area contributed by atoms with Crippen LogP contribution in [-0.4, -0.2) is 105 Å². The lowest BCUT2D eigenvalue weighted by molar-refractivity contribution is -0.130. The minimum atomic E-state index is -0.0478. The van der Waals surface area contributed by atoms with Gasteiger partial charge in [-0.1, -0.05) is 0 Å². The number of hydrogen-bond donors (Lipinski definition) is 0. The molecule has 2 rings (SSSR count). The molecule has 3 amide bonds. The molecule has 0 aromatic rings. The van der Waals surface area contributed by atoms with Crippen molar-refractivity contribution in [3.05, 3.63) is 0 Å². The molecule has 0 aliphatic carbocycles. The highest BCUT2D eigenvalue weighted by Gasteiger charge is 2.29. The number of rotatable bonds is 7. The van der Waals surface area contributed by atoms with Crippen molar-refractivity contribution in [1.29, 1.82) is 0 Å². The zero-order chi connectivity index (χ0) is 16.1. The standard InChI is InChI=1S/C15H28N4O3/c1-16-6-7-19(15(16)21)12-14(20)17(2)10-13-4-5-18(11-13)8-9-22-3/h13H,4-12H2,1-3H3. The highest BCUT2D eigenvalue weighted by atomic mass is 16.5. The van der Waals surface area contributed by atoms with Crippen molar-refractivity contribution in [3.63, 3.8) is 0 Å². The van der Waals surface area contributed by atoms with E-state index in [1.807, 2.05) is 7.05 Å². The van der Waals surface area contributed by atoms with Crippen LogP contribution >= 0.6 is 0 Å². The highest BCUT2D eigenvalue weighted by Crippen LogP contribution is 2.17. The lowest BCUT2D eigenvalue weighted by Crippen LogP contribution is -2.42. The van der Waals surface area contributed by atoms with E-state index in [-0.39, 0.29) is 18.5 Å². The average molecular weight is 312 g/mol. The van der Waals surface area contributed by atoms with E-state index in [9.17, 15) is 9.59 Å². The Morgan fingerprint density at radius 2 is 2.14 bits per heavy atom. The molecule has 0 saturated carbocycles. The number of likely N-dealkylation sites (tertiary alicyclic amines) is 1. The van der Waals surface area contributed by atoms with Crippen molar-refractivity contribution in [2.75, 3.05) is 73.6 Å². The Morgan fingerprint density at radius 1 is 1.36 bits per heavy atom. The number of amides is 3. The van der Waals surface area contributed by atoms with Crippen LogP contribution in [0.4, 0.5) is 4.79 Å². The van der Waals surface area contributed by atoms with Crippen LogP contribution < -0.4 is 0 Å². The van der Waals surface area contributed by atoms with Gasteiger partial charge in [-0.05, 0) is 18.9 Å². The summed E-state index contributed by atoms with van der Waals surface area (Å²) in [6.45, 7) is 6.11. The number of nitrogens with zero attached hydrogens (tertiary/aromatic N) is 4. The Balaban J connectivity index is 1.72. The van der Waals surface area contributed by atoms with Gasteiger partial charge in [-0.3, -0.25) is 4.79 Å². The van der Waals surface area contributed by atoms with Gasteiger partial charge in [0.25, 0.3) is 0 Å². The van der Waals surface area contributed by atoms with E-state index >= 15 is 0 Å². The molecule has 2 heterocycles. The van der Waals surface area contributed by atoms with Gasteiger partial charge in [0.2, 0.25) is 5.91 Å². The van der Waals surface area contributed by atoms with Crippen LogP contribution in [-0.2, 0) is 9.53 Å². The molecule has 2 fully saturated rings. The van der Waals surface area contributed by atoms with Crippen molar-refractivity contribution >= 4 is 11.9 Å². The van der Waals surface area contributed by atoms with Gasteiger partial charge in [0.05, 0.1) is 6.61 Å². The lowest BCUT2D eigenvalue weighted by atomic mass is 10.1. The molecule has 1 unspecified atom stereocenters. The highest BCUT2D eigenvalue weighted by molar-refractivity contribution is 5.84. The molecule has 7 nitrogen and oxygen atoms in total. The Labute approximate surface area is 132 Å². The summed E-state index contributed by atoms with van der Waals surface area (Å²) in [4.78, 5) is 31.5. The van der Waals surface area contributed by atoms with Crippen LogP contribution in [0.3, 0.4) is 0 Å². The maximum absolute atomic E-state index is 12.3. The van der Waals surface area contributed by atoms with Gasteiger partial charge in [-0.15, -0.1) is 0 Å². The largest absolute Gasteiger partial charge is 0.383 e. The topological polar surface area (TPSA) is 56.3 Å².